The van der Waals surface area contributed by atoms with Crippen LogP contribution < -0.4 is 0 Å². The van der Waals surface area contributed by atoms with Crippen molar-refractivity contribution in [2.45, 2.75) is 18.6 Å². The standard InChI is InChI=1S/C13H15NO5/c1-19-13(18)11-6-10(16)7-14(11)12(17)8-2-4-9(15)5-3-8/h2-5,10-11,15-16H,6-7H2,1H3. The van der Waals surface area contributed by atoms with Crippen LogP contribution in [-0.4, -0.2) is 52.8 Å². The number of amides is 1. The number of aromatic hydroxyl groups is 1. The van der Waals surface area contributed by atoms with E-state index in [9.17, 15) is 19.8 Å². The van der Waals surface area contributed by atoms with E-state index in [0.717, 1.165) is 0 Å². The van der Waals surface area contributed by atoms with Gasteiger partial charge in [-0.3, -0.25) is 4.79 Å². The maximum Gasteiger partial charge on any atom is 0.328 e. The van der Waals surface area contributed by atoms with Crippen LogP contribution in [0.4, 0.5) is 0 Å². The van der Waals surface area contributed by atoms with Crippen molar-refractivity contribution in [2.75, 3.05) is 13.7 Å². The number of hydrogen-bond donors (Lipinski definition) is 2. The molecule has 1 amide bonds. The van der Waals surface area contributed by atoms with Gasteiger partial charge in [0.15, 0.2) is 0 Å². The highest BCUT2D eigenvalue weighted by atomic mass is 16.5. The molecule has 102 valence electrons. The monoisotopic (exact) mass is 265 g/mol. The molecule has 2 N–H and O–H groups in total. The van der Waals surface area contributed by atoms with Crippen molar-refractivity contribution in [3.05, 3.63) is 29.8 Å². The molecule has 1 saturated heterocycles. The van der Waals surface area contributed by atoms with Crippen LogP contribution in [0.3, 0.4) is 0 Å². The zero-order chi connectivity index (χ0) is 14.0. The Balaban J connectivity index is 2.21. The number of carbonyl (C=O) groups is 2. The molecule has 1 aliphatic heterocycles. The van der Waals surface area contributed by atoms with Crippen molar-refractivity contribution in [1.29, 1.82) is 0 Å². The number of phenols is 1. The molecular weight excluding hydrogens is 250 g/mol. The van der Waals surface area contributed by atoms with Gasteiger partial charge in [0.2, 0.25) is 0 Å². The SMILES string of the molecule is COC(=O)C1CC(O)CN1C(=O)c1ccc(O)cc1. The number of aliphatic hydroxyl groups is 1. The fraction of sp³-hybridized carbons (Fsp3) is 0.385. The maximum atomic E-state index is 12.3. The number of aliphatic hydroxyl groups excluding tert-OH is 1. The Morgan fingerprint density at radius 2 is 1.95 bits per heavy atom. The summed E-state index contributed by atoms with van der Waals surface area (Å²) in [6.07, 6.45) is -0.554. The summed E-state index contributed by atoms with van der Waals surface area (Å²) in [7, 11) is 1.25. The minimum Gasteiger partial charge on any atom is -0.508 e. The van der Waals surface area contributed by atoms with Crippen molar-refractivity contribution in [2.24, 2.45) is 0 Å². The summed E-state index contributed by atoms with van der Waals surface area (Å²) in [6.45, 7) is 0.0967. The van der Waals surface area contributed by atoms with Gasteiger partial charge in [-0.05, 0) is 24.3 Å². The average molecular weight is 265 g/mol. The molecule has 0 aliphatic carbocycles. The Morgan fingerprint density at radius 1 is 1.32 bits per heavy atom. The van der Waals surface area contributed by atoms with E-state index in [1.807, 2.05) is 0 Å². The summed E-state index contributed by atoms with van der Waals surface area (Å²) in [4.78, 5) is 25.1. The lowest BCUT2D eigenvalue weighted by Crippen LogP contribution is -2.41. The van der Waals surface area contributed by atoms with Crippen molar-refractivity contribution >= 4 is 11.9 Å². The maximum absolute atomic E-state index is 12.3. The first-order valence-corrected chi connectivity index (χ1v) is 5.89. The number of likely N-dealkylation sites (tertiary alicyclic amines) is 1. The van der Waals surface area contributed by atoms with E-state index >= 15 is 0 Å². The Hall–Kier alpha value is -2.08. The van der Waals surface area contributed by atoms with E-state index < -0.39 is 18.1 Å². The number of carbonyl (C=O) groups excluding carboxylic acids is 2. The molecule has 2 atom stereocenters. The molecule has 1 aromatic rings. The zero-order valence-corrected chi connectivity index (χ0v) is 10.4. The summed E-state index contributed by atoms with van der Waals surface area (Å²) < 4.78 is 4.63. The smallest absolute Gasteiger partial charge is 0.328 e. The van der Waals surface area contributed by atoms with E-state index in [2.05, 4.69) is 4.74 Å². The third kappa shape index (κ3) is 2.68. The number of esters is 1. The number of nitrogens with zero attached hydrogens (tertiary/aromatic N) is 1. The van der Waals surface area contributed by atoms with Gasteiger partial charge < -0.3 is 19.8 Å². The highest BCUT2D eigenvalue weighted by molar-refractivity contribution is 5.97. The van der Waals surface area contributed by atoms with Gasteiger partial charge in [0.05, 0.1) is 13.2 Å². The van der Waals surface area contributed by atoms with Crippen molar-refractivity contribution in [3.8, 4) is 5.75 Å². The molecule has 2 rings (SSSR count). The van der Waals surface area contributed by atoms with Crippen molar-refractivity contribution < 1.29 is 24.5 Å². The second-order valence-electron chi connectivity index (χ2n) is 4.43. The largest absolute Gasteiger partial charge is 0.508 e. The predicted octanol–water partition coefficient (Wildman–Crippen LogP) is 0.141. The first-order chi connectivity index (χ1) is 9.02. The molecule has 19 heavy (non-hydrogen) atoms. The topological polar surface area (TPSA) is 87.1 Å². The number of hydrogen-bond acceptors (Lipinski definition) is 5. The molecular formula is C13H15NO5. The average Bonchev–Trinajstić information content (AvgIpc) is 2.80. The fourth-order valence-corrected chi connectivity index (χ4v) is 2.17. The second-order valence-corrected chi connectivity index (χ2v) is 4.43. The minimum absolute atomic E-state index is 0.0579. The van der Waals surface area contributed by atoms with Crippen LogP contribution >= 0.6 is 0 Å². The molecule has 1 heterocycles. The predicted molar refractivity (Wildman–Crippen MR) is 65.6 cm³/mol. The lowest BCUT2D eigenvalue weighted by molar-refractivity contribution is -0.145. The molecule has 1 aromatic carbocycles. The Bertz CT molecular complexity index is 484. The Labute approximate surface area is 110 Å². The molecule has 0 bridgehead atoms. The number of rotatable bonds is 2. The van der Waals surface area contributed by atoms with Gasteiger partial charge in [-0.25, -0.2) is 4.79 Å². The van der Waals surface area contributed by atoms with Crippen LogP contribution in [0.15, 0.2) is 24.3 Å². The van der Waals surface area contributed by atoms with Crippen LogP contribution in [0.1, 0.15) is 16.8 Å². The molecule has 6 heteroatoms. The van der Waals surface area contributed by atoms with E-state index in [1.54, 1.807) is 0 Å². The number of phenolic OH excluding ortho intramolecular Hbond substituents is 1. The highest BCUT2D eigenvalue weighted by Gasteiger charge is 2.39. The van der Waals surface area contributed by atoms with E-state index in [-0.39, 0.29) is 24.6 Å². The summed E-state index contributed by atoms with van der Waals surface area (Å²) in [5.41, 5.74) is 0.348. The van der Waals surface area contributed by atoms with Crippen LogP contribution in [0, 0.1) is 0 Å². The number of ether oxygens (including phenoxy) is 1. The summed E-state index contributed by atoms with van der Waals surface area (Å²) >= 11 is 0. The highest BCUT2D eigenvalue weighted by Crippen LogP contribution is 2.22. The van der Waals surface area contributed by atoms with Gasteiger partial charge in [-0.2, -0.15) is 0 Å². The van der Waals surface area contributed by atoms with Crippen molar-refractivity contribution in [3.63, 3.8) is 0 Å². The lowest BCUT2D eigenvalue weighted by atomic mass is 10.1. The van der Waals surface area contributed by atoms with Gasteiger partial charge in [0.1, 0.15) is 11.8 Å². The van der Waals surface area contributed by atoms with Crippen LogP contribution in [-0.2, 0) is 9.53 Å². The van der Waals surface area contributed by atoms with Gasteiger partial charge in [0.25, 0.3) is 5.91 Å². The number of β-amino-alcohol motifs (C(OH)–C–C–N with tert-alkyl or cyclic N) is 1. The second kappa shape index (κ2) is 5.27. The summed E-state index contributed by atoms with van der Waals surface area (Å²) in [6, 6.07) is 4.97. The number of benzene rings is 1. The molecule has 2 unspecified atom stereocenters. The lowest BCUT2D eigenvalue weighted by Gasteiger charge is -2.22. The third-order valence-electron chi connectivity index (χ3n) is 3.13. The van der Waals surface area contributed by atoms with Gasteiger partial charge in [-0.1, -0.05) is 0 Å². The van der Waals surface area contributed by atoms with E-state index in [4.69, 9.17) is 0 Å². The van der Waals surface area contributed by atoms with Crippen LogP contribution in [0.25, 0.3) is 0 Å². The molecule has 1 fully saturated rings. The molecule has 6 nitrogen and oxygen atoms in total. The third-order valence-corrected chi connectivity index (χ3v) is 3.13. The molecule has 0 radical (unpaired) electrons. The van der Waals surface area contributed by atoms with E-state index in [0.29, 0.717) is 5.56 Å². The summed E-state index contributed by atoms with van der Waals surface area (Å²) in [5.74, 6) is -0.849. The molecule has 0 aromatic heterocycles. The van der Waals surface area contributed by atoms with E-state index in [1.165, 1.54) is 36.3 Å². The van der Waals surface area contributed by atoms with Crippen LogP contribution in [0.5, 0.6) is 5.75 Å². The molecule has 0 spiro atoms. The molecule has 1 aliphatic rings. The quantitative estimate of drug-likeness (QED) is 0.743. The molecule has 0 saturated carbocycles. The zero-order valence-electron chi connectivity index (χ0n) is 10.4. The first kappa shape index (κ1) is 13.4. The minimum atomic E-state index is -0.763. The summed E-state index contributed by atoms with van der Waals surface area (Å²) in [5, 5.41) is 18.8. The van der Waals surface area contributed by atoms with Crippen LogP contribution in [0.2, 0.25) is 0 Å². The number of methoxy groups -OCH3 is 1. The van der Waals surface area contributed by atoms with Gasteiger partial charge in [0, 0.05) is 18.5 Å². The van der Waals surface area contributed by atoms with Gasteiger partial charge in [-0.15, -0.1) is 0 Å². The first-order valence-electron chi connectivity index (χ1n) is 5.89. The normalized spacial score (nSPS) is 22.3. The Kier molecular flexibility index (Phi) is 3.71. The fourth-order valence-electron chi connectivity index (χ4n) is 2.17. The Morgan fingerprint density at radius 3 is 2.53 bits per heavy atom. The van der Waals surface area contributed by atoms with Crippen molar-refractivity contribution in [1.82, 2.24) is 4.90 Å². The van der Waals surface area contributed by atoms with Gasteiger partial charge >= 0.3 is 5.97 Å².